The van der Waals surface area contributed by atoms with Crippen LogP contribution >= 0.6 is 11.3 Å². The van der Waals surface area contributed by atoms with Crippen LogP contribution in [-0.4, -0.2) is 19.0 Å². The smallest absolute Gasteiger partial charge is 0.373 e. The van der Waals surface area contributed by atoms with Crippen molar-refractivity contribution >= 4 is 28.9 Å². The van der Waals surface area contributed by atoms with Gasteiger partial charge in [-0.1, -0.05) is 20.8 Å². The predicted molar refractivity (Wildman–Crippen MR) is 85.7 cm³/mol. The second-order valence-electron chi connectivity index (χ2n) is 5.82. The summed E-state index contributed by atoms with van der Waals surface area (Å²) in [6, 6.07) is 6.60. The fourth-order valence-electron chi connectivity index (χ4n) is 1.79. The van der Waals surface area contributed by atoms with E-state index >= 15 is 0 Å². The van der Waals surface area contributed by atoms with Gasteiger partial charge in [-0.25, -0.2) is 4.79 Å². The van der Waals surface area contributed by atoms with Crippen LogP contribution in [-0.2, 0) is 10.2 Å². The van der Waals surface area contributed by atoms with E-state index in [4.69, 9.17) is 4.42 Å². The van der Waals surface area contributed by atoms with E-state index in [1.54, 1.807) is 6.07 Å². The van der Waals surface area contributed by atoms with Crippen molar-refractivity contribution in [3.63, 3.8) is 0 Å². The number of hydrogen-bond acceptors (Lipinski definition) is 6. The molecule has 2 aromatic rings. The van der Waals surface area contributed by atoms with Crippen LogP contribution in [0.15, 0.2) is 22.6 Å². The lowest BCUT2D eigenvalue weighted by Gasteiger charge is -2.14. The quantitative estimate of drug-likeness (QED) is 0.868. The molecule has 0 atom stereocenters. The molecule has 0 unspecified atom stereocenters. The molecule has 2 rings (SSSR count). The van der Waals surface area contributed by atoms with E-state index < -0.39 is 11.9 Å². The molecule has 0 aliphatic heterocycles. The molecule has 0 aliphatic carbocycles. The topological polar surface area (TPSA) is 92.3 Å². The fourth-order valence-corrected chi connectivity index (χ4v) is 2.76. The minimum absolute atomic E-state index is 0.0298. The first-order chi connectivity index (χ1) is 10.8. The van der Waals surface area contributed by atoms with E-state index in [0.29, 0.717) is 10.6 Å². The highest BCUT2D eigenvalue weighted by atomic mass is 32.1. The summed E-state index contributed by atoms with van der Waals surface area (Å²) in [6.45, 7) is 6.09. The number of carbonyl (C=O) groups is 2. The summed E-state index contributed by atoms with van der Waals surface area (Å²) in [4.78, 5) is 24.9. The summed E-state index contributed by atoms with van der Waals surface area (Å²) >= 11 is 1.34. The highest BCUT2D eigenvalue weighted by Gasteiger charge is 2.22. The van der Waals surface area contributed by atoms with Crippen molar-refractivity contribution in [2.45, 2.75) is 26.2 Å². The van der Waals surface area contributed by atoms with Crippen LogP contribution in [0, 0.1) is 11.3 Å². The van der Waals surface area contributed by atoms with Gasteiger partial charge in [0.05, 0.1) is 12.8 Å². The third-order valence-electron chi connectivity index (χ3n) is 3.04. The predicted octanol–water partition coefficient (Wildman–Crippen LogP) is 3.55. The Morgan fingerprint density at radius 2 is 1.96 bits per heavy atom. The van der Waals surface area contributed by atoms with Crippen LogP contribution < -0.4 is 5.32 Å². The first kappa shape index (κ1) is 16.8. The minimum Gasteiger partial charge on any atom is -0.463 e. The summed E-state index contributed by atoms with van der Waals surface area (Å²) in [5, 5.41) is 11.9. The van der Waals surface area contributed by atoms with Gasteiger partial charge in [0.15, 0.2) is 5.76 Å². The maximum absolute atomic E-state index is 12.2. The minimum atomic E-state index is -0.660. The van der Waals surface area contributed by atoms with Gasteiger partial charge in [0, 0.05) is 4.88 Å². The molecule has 0 radical (unpaired) electrons. The summed E-state index contributed by atoms with van der Waals surface area (Å²) in [6.07, 6.45) is 0. The largest absolute Gasteiger partial charge is 0.463 e. The Labute approximate surface area is 137 Å². The lowest BCUT2D eigenvalue weighted by molar-refractivity contribution is 0.0563. The fraction of sp³-hybridized carbons (Fsp3) is 0.312. The molecule has 0 saturated heterocycles. The van der Waals surface area contributed by atoms with Crippen LogP contribution in [0.25, 0.3) is 0 Å². The second-order valence-corrected chi connectivity index (χ2v) is 6.88. The zero-order valence-corrected chi connectivity index (χ0v) is 14.0. The van der Waals surface area contributed by atoms with Gasteiger partial charge < -0.3 is 14.5 Å². The molecule has 0 spiro atoms. The summed E-state index contributed by atoms with van der Waals surface area (Å²) in [5.41, 5.74) is 0.311. The van der Waals surface area contributed by atoms with Gasteiger partial charge in [0.25, 0.3) is 5.91 Å². The van der Waals surface area contributed by atoms with E-state index in [0.717, 1.165) is 4.88 Å². The summed E-state index contributed by atoms with van der Waals surface area (Å²) < 4.78 is 9.67. The molecule has 1 N–H and O–H groups in total. The van der Waals surface area contributed by atoms with Crippen molar-refractivity contribution < 1.29 is 18.7 Å². The molecule has 0 aromatic carbocycles. The zero-order chi connectivity index (χ0) is 17.2. The molecule has 23 heavy (non-hydrogen) atoms. The van der Waals surface area contributed by atoms with Crippen molar-refractivity contribution in [1.82, 2.24) is 0 Å². The number of anilines is 1. The Kier molecular flexibility index (Phi) is 4.57. The van der Waals surface area contributed by atoms with Crippen LogP contribution in [0.4, 0.5) is 5.69 Å². The first-order valence-corrected chi connectivity index (χ1v) is 7.62. The number of esters is 1. The van der Waals surface area contributed by atoms with Crippen molar-refractivity contribution in [2.24, 2.45) is 0 Å². The van der Waals surface area contributed by atoms with E-state index in [1.807, 2.05) is 20.8 Å². The van der Waals surface area contributed by atoms with Gasteiger partial charge in [-0.15, -0.1) is 11.3 Å². The molecular weight excluding hydrogens is 316 g/mol. The van der Waals surface area contributed by atoms with E-state index in [2.05, 4.69) is 16.1 Å². The monoisotopic (exact) mass is 332 g/mol. The van der Waals surface area contributed by atoms with Crippen LogP contribution in [0.1, 0.15) is 51.6 Å². The lowest BCUT2D eigenvalue weighted by atomic mass is 9.94. The number of carbonyl (C=O) groups excluding carboxylic acids is 2. The number of amides is 1. The van der Waals surface area contributed by atoms with Crippen molar-refractivity contribution in [1.29, 1.82) is 5.26 Å². The highest BCUT2D eigenvalue weighted by Crippen LogP contribution is 2.35. The van der Waals surface area contributed by atoms with Crippen LogP contribution in [0.2, 0.25) is 0 Å². The van der Waals surface area contributed by atoms with Crippen molar-refractivity contribution in [3.05, 3.63) is 39.5 Å². The number of nitrogens with one attached hydrogen (secondary N) is 1. The van der Waals surface area contributed by atoms with Crippen molar-refractivity contribution in [3.8, 4) is 6.07 Å². The van der Waals surface area contributed by atoms with Gasteiger partial charge >= 0.3 is 5.97 Å². The average molecular weight is 332 g/mol. The Hall–Kier alpha value is -2.59. The number of rotatable bonds is 3. The molecule has 0 bridgehead atoms. The highest BCUT2D eigenvalue weighted by molar-refractivity contribution is 7.13. The zero-order valence-electron chi connectivity index (χ0n) is 13.2. The Morgan fingerprint density at radius 1 is 1.30 bits per heavy atom. The van der Waals surface area contributed by atoms with Gasteiger partial charge in [0.1, 0.15) is 10.9 Å². The van der Waals surface area contributed by atoms with Crippen LogP contribution in [0.5, 0.6) is 0 Å². The van der Waals surface area contributed by atoms with Gasteiger partial charge in [0.2, 0.25) is 5.76 Å². The number of furan rings is 1. The molecule has 0 fully saturated rings. The maximum Gasteiger partial charge on any atom is 0.373 e. The first-order valence-electron chi connectivity index (χ1n) is 6.80. The van der Waals surface area contributed by atoms with Gasteiger partial charge in [-0.2, -0.15) is 5.26 Å². The van der Waals surface area contributed by atoms with Crippen molar-refractivity contribution in [2.75, 3.05) is 12.4 Å². The number of thiophene rings is 1. The number of hydrogen-bond donors (Lipinski definition) is 1. The molecular formula is C16H16N2O4S. The van der Waals surface area contributed by atoms with E-state index in [1.165, 1.54) is 30.6 Å². The summed E-state index contributed by atoms with van der Waals surface area (Å²) in [7, 11) is 1.23. The molecule has 2 heterocycles. The third-order valence-corrected chi connectivity index (χ3v) is 4.50. The lowest BCUT2D eigenvalue weighted by Crippen LogP contribution is -2.12. The number of methoxy groups -OCH3 is 1. The Bertz CT molecular complexity index is 790. The molecule has 2 aromatic heterocycles. The van der Waals surface area contributed by atoms with Gasteiger partial charge in [-0.05, 0) is 23.6 Å². The molecule has 7 heteroatoms. The maximum atomic E-state index is 12.2. The molecule has 6 nitrogen and oxygen atoms in total. The molecule has 0 saturated carbocycles. The third kappa shape index (κ3) is 3.60. The molecule has 0 aliphatic rings. The number of nitrogens with zero attached hydrogens (tertiary/aromatic N) is 1. The standard InChI is InChI=1S/C16H16N2O4S/c1-16(2,3)13-7-9(12(8-17)23-13)18-14(19)10-5-6-11(22-10)15(20)21-4/h5-7H,1-4H3,(H,18,19). The Balaban J connectivity index is 2.24. The Morgan fingerprint density at radius 3 is 2.52 bits per heavy atom. The second kappa shape index (κ2) is 6.26. The van der Waals surface area contributed by atoms with E-state index in [9.17, 15) is 14.9 Å². The normalized spacial score (nSPS) is 10.9. The summed E-state index contributed by atoms with van der Waals surface area (Å²) in [5.74, 6) is -1.28. The number of ether oxygens (including phenoxy) is 1. The van der Waals surface area contributed by atoms with Crippen LogP contribution in [0.3, 0.4) is 0 Å². The SMILES string of the molecule is COC(=O)c1ccc(C(=O)Nc2cc(C(C)(C)C)sc2C#N)o1. The molecule has 1 amide bonds. The van der Waals surface area contributed by atoms with E-state index in [-0.39, 0.29) is 16.9 Å². The van der Waals surface area contributed by atoms with Gasteiger partial charge in [-0.3, -0.25) is 4.79 Å². The average Bonchev–Trinajstić information content (AvgIpc) is 3.12. The number of nitriles is 1. The molecule has 120 valence electrons.